The Hall–Kier alpha value is -3.84. The maximum absolute atomic E-state index is 13.7. The number of carbonyl (C=O) groups excluding carboxylic acids is 1. The van der Waals surface area contributed by atoms with Crippen molar-refractivity contribution in [1.29, 1.82) is 0 Å². The summed E-state index contributed by atoms with van der Waals surface area (Å²) in [5, 5.41) is 0.709. The van der Waals surface area contributed by atoms with E-state index >= 15 is 0 Å². The minimum absolute atomic E-state index is 0.0138. The predicted octanol–water partition coefficient (Wildman–Crippen LogP) is 5.31. The summed E-state index contributed by atoms with van der Waals surface area (Å²) < 4.78 is 17.1. The summed E-state index contributed by atoms with van der Waals surface area (Å²) in [4.78, 5) is 33.2. The van der Waals surface area contributed by atoms with Gasteiger partial charge < -0.3 is 13.9 Å². The largest absolute Gasteiger partial charge is 0.493 e. The first-order valence-electron chi connectivity index (χ1n) is 10.8. The first-order chi connectivity index (χ1) is 16.4. The molecule has 1 aliphatic rings. The van der Waals surface area contributed by atoms with Gasteiger partial charge in [-0.15, -0.1) is 0 Å². The van der Waals surface area contributed by atoms with Crippen LogP contribution in [-0.2, 0) is 0 Å². The van der Waals surface area contributed by atoms with Crippen LogP contribution in [0.3, 0.4) is 0 Å². The standard InChI is InChI=1S/C26H21ClN2O5/c1-4-33-19-8-6-15(11-20(19)32-3)23-22-24(30)17-12-16(27)7-9-18(17)34-25(22)26(31)29(23)21-10-5-14(2)13-28-21/h5-13,23H,4H2,1-3H3. The number of amides is 1. The molecular formula is C26H21ClN2O5. The summed E-state index contributed by atoms with van der Waals surface area (Å²) in [5.74, 6) is 1.00. The zero-order valence-corrected chi connectivity index (χ0v) is 19.6. The molecule has 2 aromatic heterocycles. The van der Waals surface area contributed by atoms with E-state index < -0.39 is 11.9 Å². The first-order valence-corrected chi connectivity index (χ1v) is 11.1. The Labute approximate surface area is 200 Å². The Bertz CT molecular complexity index is 1480. The lowest BCUT2D eigenvalue weighted by Crippen LogP contribution is -2.30. The Morgan fingerprint density at radius 1 is 1.09 bits per heavy atom. The molecule has 1 atom stereocenters. The Kier molecular flexibility index (Phi) is 5.49. The molecule has 1 amide bonds. The minimum atomic E-state index is -0.776. The van der Waals surface area contributed by atoms with Gasteiger partial charge in [-0.1, -0.05) is 23.7 Å². The highest BCUT2D eigenvalue weighted by atomic mass is 35.5. The molecule has 1 aliphatic heterocycles. The number of ether oxygens (including phenoxy) is 2. The highest BCUT2D eigenvalue weighted by Gasteiger charge is 2.44. The Balaban J connectivity index is 1.78. The third-order valence-electron chi connectivity index (χ3n) is 5.78. The second-order valence-electron chi connectivity index (χ2n) is 7.93. The third-order valence-corrected chi connectivity index (χ3v) is 6.01. The maximum Gasteiger partial charge on any atom is 0.296 e. The topological polar surface area (TPSA) is 81.9 Å². The summed E-state index contributed by atoms with van der Waals surface area (Å²) in [5.41, 5.74) is 1.81. The SMILES string of the molecule is CCOc1ccc(C2c3c(oc4ccc(Cl)cc4c3=O)C(=O)N2c2ccc(C)cn2)cc1OC. The fourth-order valence-corrected chi connectivity index (χ4v) is 4.40. The van der Waals surface area contributed by atoms with Gasteiger partial charge in [-0.3, -0.25) is 14.5 Å². The number of pyridine rings is 1. The number of aromatic nitrogens is 1. The number of aryl methyl sites for hydroxylation is 1. The van der Waals surface area contributed by atoms with Gasteiger partial charge >= 0.3 is 0 Å². The van der Waals surface area contributed by atoms with Crippen LogP contribution in [0.25, 0.3) is 11.0 Å². The number of methoxy groups -OCH3 is 1. The van der Waals surface area contributed by atoms with Gasteiger partial charge in [-0.25, -0.2) is 4.98 Å². The van der Waals surface area contributed by atoms with Crippen LogP contribution in [0.2, 0.25) is 5.02 Å². The number of benzene rings is 2. The van der Waals surface area contributed by atoms with Gasteiger partial charge in [0.05, 0.1) is 30.7 Å². The van der Waals surface area contributed by atoms with E-state index in [9.17, 15) is 9.59 Å². The van der Waals surface area contributed by atoms with E-state index in [0.717, 1.165) is 5.56 Å². The monoisotopic (exact) mass is 476 g/mol. The number of hydrogen-bond acceptors (Lipinski definition) is 6. The van der Waals surface area contributed by atoms with Gasteiger partial charge in [0.2, 0.25) is 5.76 Å². The second kappa shape index (κ2) is 8.50. The zero-order chi connectivity index (χ0) is 24.0. The van der Waals surface area contributed by atoms with Gasteiger partial charge in [-0.05, 0) is 61.4 Å². The average molecular weight is 477 g/mol. The van der Waals surface area contributed by atoms with Crippen molar-refractivity contribution >= 4 is 34.3 Å². The molecule has 4 aromatic rings. The lowest BCUT2D eigenvalue weighted by atomic mass is 9.98. The number of carbonyl (C=O) groups is 1. The van der Waals surface area contributed by atoms with Crippen LogP contribution < -0.4 is 19.8 Å². The van der Waals surface area contributed by atoms with Crippen molar-refractivity contribution < 1.29 is 18.7 Å². The second-order valence-corrected chi connectivity index (χ2v) is 8.37. The molecule has 0 radical (unpaired) electrons. The number of fused-ring (bicyclic) bond motifs is 2. The van der Waals surface area contributed by atoms with Crippen LogP contribution in [0.15, 0.2) is 63.9 Å². The van der Waals surface area contributed by atoms with Crippen LogP contribution in [-0.4, -0.2) is 24.6 Å². The van der Waals surface area contributed by atoms with Gasteiger partial charge in [0.15, 0.2) is 16.9 Å². The number of anilines is 1. The van der Waals surface area contributed by atoms with Crippen molar-refractivity contribution in [3.8, 4) is 11.5 Å². The zero-order valence-electron chi connectivity index (χ0n) is 18.8. The fourth-order valence-electron chi connectivity index (χ4n) is 4.23. The van der Waals surface area contributed by atoms with Crippen molar-refractivity contribution in [3.63, 3.8) is 0 Å². The summed E-state index contributed by atoms with van der Waals surface area (Å²) in [7, 11) is 1.54. The molecule has 172 valence electrons. The molecule has 0 saturated heterocycles. The van der Waals surface area contributed by atoms with Gasteiger partial charge in [0.25, 0.3) is 5.91 Å². The summed E-state index contributed by atoms with van der Waals surface area (Å²) in [6, 6.07) is 12.9. The van der Waals surface area contributed by atoms with E-state index in [-0.39, 0.29) is 16.8 Å². The molecule has 0 aliphatic carbocycles. The number of nitrogens with zero attached hydrogens (tertiary/aromatic N) is 2. The van der Waals surface area contributed by atoms with Crippen molar-refractivity contribution in [1.82, 2.24) is 4.98 Å². The summed E-state index contributed by atoms with van der Waals surface area (Å²) in [6.45, 7) is 4.26. The number of halogens is 1. The normalized spacial score (nSPS) is 15.0. The lowest BCUT2D eigenvalue weighted by Gasteiger charge is -2.25. The van der Waals surface area contributed by atoms with E-state index in [1.54, 1.807) is 49.7 Å². The van der Waals surface area contributed by atoms with Crippen LogP contribution in [0, 0.1) is 6.92 Å². The molecule has 0 N–H and O–H groups in total. The van der Waals surface area contributed by atoms with Crippen LogP contribution in [0.4, 0.5) is 5.82 Å². The van der Waals surface area contributed by atoms with E-state index in [2.05, 4.69) is 4.98 Å². The fraction of sp³-hybridized carbons (Fsp3) is 0.192. The molecule has 0 saturated carbocycles. The van der Waals surface area contributed by atoms with Crippen LogP contribution in [0.5, 0.6) is 11.5 Å². The molecule has 34 heavy (non-hydrogen) atoms. The van der Waals surface area contributed by atoms with Crippen molar-refractivity contribution in [2.24, 2.45) is 0 Å². The maximum atomic E-state index is 13.7. The van der Waals surface area contributed by atoms with E-state index in [4.69, 9.17) is 25.5 Å². The molecule has 0 bridgehead atoms. The molecule has 5 rings (SSSR count). The van der Waals surface area contributed by atoms with Crippen molar-refractivity contribution in [2.45, 2.75) is 19.9 Å². The molecular weight excluding hydrogens is 456 g/mol. The summed E-state index contributed by atoms with van der Waals surface area (Å²) >= 11 is 6.15. The van der Waals surface area contributed by atoms with Gasteiger partial charge in [0, 0.05) is 11.2 Å². The van der Waals surface area contributed by atoms with Crippen LogP contribution >= 0.6 is 11.6 Å². The van der Waals surface area contributed by atoms with Crippen molar-refractivity contribution in [2.75, 3.05) is 18.6 Å². The highest BCUT2D eigenvalue weighted by molar-refractivity contribution is 6.31. The molecule has 7 nitrogen and oxygen atoms in total. The van der Waals surface area contributed by atoms with E-state index in [1.807, 2.05) is 26.0 Å². The summed E-state index contributed by atoms with van der Waals surface area (Å²) in [6.07, 6.45) is 1.67. The van der Waals surface area contributed by atoms with E-state index in [1.165, 1.54) is 4.90 Å². The molecule has 2 aromatic carbocycles. The van der Waals surface area contributed by atoms with E-state index in [0.29, 0.717) is 45.5 Å². The average Bonchev–Trinajstić information content (AvgIpc) is 3.13. The number of hydrogen-bond donors (Lipinski definition) is 0. The van der Waals surface area contributed by atoms with Gasteiger partial charge in [-0.2, -0.15) is 0 Å². The molecule has 3 heterocycles. The quantitative estimate of drug-likeness (QED) is 0.388. The predicted molar refractivity (Wildman–Crippen MR) is 129 cm³/mol. The molecule has 0 fully saturated rings. The van der Waals surface area contributed by atoms with Gasteiger partial charge in [0.1, 0.15) is 11.4 Å². The van der Waals surface area contributed by atoms with Crippen molar-refractivity contribution in [3.05, 3.63) is 92.4 Å². The highest BCUT2D eigenvalue weighted by Crippen LogP contribution is 2.42. The smallest absolute Gasteiger partial charge is 0.296 e. The Morgan fingerprint density at radius 2 is 1.91 bits per heavy atom. The Morgan fingerprint density at radius 3 is 2.62 bits per heavy atom. The third kappa shape index (κ3) is 3.49. The molecule has 1 unspecified atom stereocenters. The first kappa shape index (κ1) is 22.0. The molecule has 8 heteroatoms. The van der Waals surface area contributed by atoms with Crippen LogP contribution in [0.1, 0.15) is 40.2 Å². The molecule has 0 spiro atoms. The lowest BCUT2D eigenvalue weighted by molar-refractivity contribution is 0.0970. The minimum Gasteiger partial charge on any atom is -0.493 e. The number of rotatable bonds is 5.